The molecule has 0 unspecified atom stereocenters. The summed E-state index contributed by atoms with van der Waals surface area (Å²) < 4.78 is 39.8. The Morgan fingerprint density at radius 2 is 1.85 bits per heavy atom. The molecule has 138 valence electrons. The van der Waals surface area contributed by atoms with Crippen molar-refractivity contribution >= 4 is 29.1 Å². The Morgan fingerprint density at radius 3 is 2.50 bits per heavy atom. The van der Waals surface area contributed by atoms with Crippen molar-refractivity contribution in [1.29, 1.82) is 0 Å². The summed E-state index contributed by atoms with van der Waals surface area (Å²) in [7, 11) is 0. The van der Waals surface area contributed by atoms with Crippen LogP contribution in [0.3, 0.4) is 0 Å². The van der Waals surface area contributed by atoms with E-state index in [1.165, 1.54) is 11.0 Å². The standard InChI is InChI=1S/C18H16ClF3N2O2/c1-2-8-24(18(26)11-4-3-5-12(19)9-11)10-15(25)23-14-7-6-13(20)16(21)17(14)22/h3-7,9H,2,8,10H2,1H3,(H,23,25). The van der Waals surface area contributed by atoms with Gasteiger partial charge in [-0.05, 0) is 36.8 Å². The number of carbonyl (C=O) groups excluding carboxylic acids is 2. The first-order chi connectivity index (χ1) is 12.3. The van der Waals surface area contributed by atoms with Crippen LogP contribution in [0.1, 0.15) is 23.7 Å². The fraction of sp³-hybridized carbons (Fsp3) is 0.222. The molecule has 0 aliphatic carbocycles. The highest BCUT2D eigenvalue weighted by molar-refractivity contribution is 6.31. The Hall–Kier alpha value is -2.54. The van der Waals surface area contributed by atoms with Crippen LogP contribution in [-0.4, -0.2) is 29.8 Å². The largest absolute Gasteiger partial charge is 0.329 e. The lowest BCUT2D eigenvalue weighted by Gasteiger charge is -2.22. The summed E-state index contributed by atoms with van der Waals surface area (Å²) in [5.41, 5.74) is -0.196. The first kappa shape index (κ1) is 19.8. The van der Waals surface area contributed by atoms with E-state index >= 15 is 0 Å². The van der Waals surface area contributed by atoms with Crippen LogP contribution in [0, 0.1) is 17.5 Å². The van der Waals surface area contributed by atoms with Crippen molar-refractivity contribution in [3.05, 3.63) is 64.4 Å². The third-order valence-corrected chi connectivity index (χ3v) is 3.73. The third-order valence-electron chi connectivity index (χ3n) is 3.50. The maximum Gasteiger partial charge on any atom is 0.254 e. The fourth-order valence-corrected chi connectivity index (χ4v) is 2.50. The first-order valence-electron chi connectivity index (χ1n) is 7.81. The summed E-state index contributed by atoms with van der Waals surface area (Å²) in [6.45, 7) is 1.72. The minimum Gasteiger partial charge on any atom is -0.329 e. The summed E-state index contributed by atoms with van der Waals surface area (Å²) in [4.78, 5) is 25.9. The van der Waals surface area contributed by atoms with Gasteiger partial charge in [0.05, 0.1) is 5.69 Å². The molecule has 0 saturated carbocycles. The maximum atomic E-state index is 13.7. The van der Waals surface area contributed by atoms with E-state index < -0.39 is 35.0 Å². The molecule has 4 nitrogen and oxygen atoms in total. The summed E-state index contributed by atoms with van der Waals surface area (Å²) in [5.74, 6) is -5.69. The Labute approximate surface area is 153 Å². The predicted octanol–water partition coefficient (Wildman–Crippen LogP) is 4.25. The topological polar surface area (TPSA) is 49.4 Å². The molecular weight excluding hydrogens is 369 g/mol. The predicted molar refractivity (Wildman–Crippen MR) is 92.6 cm³/mol. The second-order valence-electron chi connectivity index (χ2n) is 5.51. The van der Waals surface area contributed by atoms with Crippen molar-refractivity contribution in [2.75, 3.05) is 18.4 Å². The van der Waals surface area contributed by atoms with E-state index in [-0.39, 0.29) is 13.1 Å². The SMILES string of the molecule is CCCN(CC(=O)Nc1ccc(F)c(F)c1F)C(=O)c1cccc(Cl)c1. The van der Waals surface area contributed by atoms with Gasteiger partial charge in [-0.15, -0.1) is 0 Å². The molecule has 0 bridgehead atoms. The van der Waals surface area contributed by atoms with E-state index in [2.05, 4.69) is 5.32 Å². The molecule has 0 heterocycles. The highest BCUT2D eigenvalue weighted by Gasteiger charge is 2.20. The van der Waals surface area contributed by atoms with Crippen molar-refractivity contribution in [1.82, 2.24) is 4.90 Å². The molecule has 2 amide bonds. The molecule has 0 atom stereocenters. The summed E-state index contributed by atoms with van der Waals surface area (Å²) in [6, 6.07) is 7.87. The number of hydrogen-bond donors (Lipinski definition) is 1. The van der Waals surface area contributed by atoms with Crippen molar-refractivity contribution in [2.24, 2.45) is 0 Å². The van der Waals surface area contributed by atoms with Gasteiger partial charge in [0.15, 0.2) is 17.5 Å². The van der Waals surface area contributed by atoms with Crippen molar-refractivity contribution in [3.8, 4) is 0 Å². The van der Waals surface area contributed by atoms with Gasteiger partial charge in [-0.3, -0.25) is 9.59 Å². The van der Waals surface area contributed by atoms with Gasteiger partial charge < -0.3 is 10.2 Å². The molecule has 0 saturated heterocycles. The van der Waals surface area contributed by atoms with Gasteiger partial charge in [0.2, 0.25) is 5.91 Å². The molecule has 0 aliphatic rings. The highest BCUT2D eigenvalue weighted by Crippen LogP contribution is 2.20. The molecule has 26 heavy (non-hydrogen) atoms. The number of anilines is 1. The van der Waals surface area contributed by atoms with Gasteiger partial charge in [0, 0.05) is 17.1 Å². The van der Waals surface area contributed by atoms with Crippen LogP contribution in [0.4, 0.5) is 18.9 Å². The van der Waals surface area contributed by atoms with Gasteiger partial charge >= 0.3 is 0 Å². The normalized spacial score (nSPS) is 10.5. The van der Waals surface area contributed by atoms with E-state index in [9.17, 15) is 22.8 Å². The Kier molecular flexibility index (Phi) is 6.63. The zero-order chi connectivity index (χ0) is 19.3. The summed E-state index contributed by atoms with van der Waals surface area (Å²) >= 11 is 5.87. The number of halogens is 4. The molecule has 8 heteroatoms. The summed E-state index contributed by atoms with van der Waals surface area (Å²) in [6.07, 6.45) is 0.582. The smallest absolute Gasteiger partial charge is 0.254 e. The van der Waals surface area contributed by atoms with E-state index in [0.29, 0.717) is 23.1 Å². The van der Waals surface area contributed by atoms with Gasteiger partial charge in [-0.25, -0.2) is 13.2 Å². The van der Waals surface area contributed by atoms with Gasteiger partial charge in [-0.1, -0.05) is 24.6 Å². The van der Waals surface area contributed by atoms with Crippen molar-refractivity contribution in [2.45, 2.75) is 13.3 Å². The monoisotopic (exact) mass is 384 g/mol. The second-order valence-corrected chi connectivity index (χ2v) is 5.94. The number of benzene rings is 2. The van der Waals surface area contributed by atoms with E-state index in [0.717, 1.165) is 6.07 Å². The first-order valence-corrected chi connectivity index (χ1v) is 8.19. The zero-order valence-electron chi connectivity index (χ0n) is 13.9. The lowest BCUT2D eigenvalue weighted by atomic mass is 10.2. The molecule has 0 fully saturated rings. The molecule has 2 aromatic carbocycles. The molecule has 0 aliphatic heterocycles. The van der Waals surface area contributed by atoms with Crippen LogP contribution >= 0.6 is 11.6 Å². The maximum absolute atomic E-state index is 13.7. The number of rotatable bonds is 6. The van der Waals surface area contributed by atoms with Crippen LogP contribution in [0.15, 0.2) is 36.4 Å². The molecule has 0 radical (unpaired) electrons. The van der Waals surface area contributed by atoms with Crippen LogP contribution < -0.4 is 5.32 Å². The average molecular weight is 385 g/mol. The number of amides is 2. The van der Waals surface area contributed by atoms with Gasteiger partial charge in [0.25, 0.3) is 5.91 Å². The number of nitrogens with zero attached hydrogens (tertiary/aromatic N) is 1. The molecule has 2 rings (SSSR count). The fourth-order valence-electron chi connectivity index (χ4n) is 2.31. The minimum atomic E-state index is -1.68. The third kappa shape index (κ3) is 4.76. The molecule has 2 aromatic rings. The van der Waals surface area contributed by atoms with Crippen LogP contribution in [0.5, 0.6) is 0 Å². The Morgan fingerprint density at radius 1 is 1.12 bits per heavy atom. The van der Waals surface area contributed by atoms with E-state index in [1.807, 2.05) is 6.92 Å². The minimum absolute atomic E-state index is 0.277. The van der Waals surface area contributed by atoms with Gasteiger partial charge in [0.1, 0.15) is 6.54 Å². The number of hydrogen-bond acceptors (Lipinski definition) is 2. The lowest BCUT2D eigenvalue weighted by molar-refractivity contribution is -0.116. The van der Waals surface area contributed by atoms with Crippen LogP contribution in [0.2, 0.25) is 5.02 Å². The molecular formula is C18H16ClF3N2O2. The lowest BCUT2D eigenvalue weighted by Crippen LogP contribution is -2.38. The summed E-state index contributed by atoms with van der Waals surface area (Å²) in [5, 5.41) is 2.52. The average Bonchev–Trinajstić information content (AvgIpc) is 2.61. The molecule has 1 N–H and O–H groups in total. The number of carbonyl (C=O) groups is 2. The van der Waals surface area contributed by atoms with Crippen LogP contribution in [-0.2, 0) is 4.79 Å². The van der Waals surface area contributed by atoms with Crippen LogP contribution in [0.25, 0.3) is 0 Å². The molecule has 0 spiro atoms. The van der Waals surface area contributed by atoms with Crippen molar-refractivity contribution in [3.63, 3.8) is 0 Å². The quantitative estimate of drug-likeness (QED) is 0.757. The zero-order valence-corrected chi connectivity index (χ0v) is 14.6. The van der Waals surface area contributed by atoms with Crippen molar-refractivity contribution < 1.29 is 22.8 Å². The van der Waals surface area contributed by atoms with E-state index in [1.54, 1.807) is 18.2 Å². The van der Waals surface area contributed by atoms with E-state index in [4.69, 9.17) is 11.6 Å². The highest BCUT2D eigenvalue weighted by atomic mass is 35.5. The molecule has 0 aromatic heterocycles. The second kappa shape index (κ2) is 8.71. The van der Waals surface area contributed by atoms with Gasteiger partial charge in [-0.2, -0.15) is 0 Å². The number of nitrogens with one attached hydrogen (secondary N) is 1. The Bertz CT molecular complexity index is 830. The Balaban J connectivity index is 2.13.